The Morgan fingerprint density at radius 1 is 0.815 bits per heavy atom. The molecular weight excluding hydrogens is 424 g/mol. The van der Waals surface area contributed by atoms with Gasteiger partial charge in [-0.05, 0) is 13.8 Å². The SMILES string of the molecule is C=C(C)C(=O)OCC(O)COCC(CBr)COCC(O)COC(=O)C(=C)C. The predicted octanol–water partition coefficient (Wildman–Crippen LogP) is 0.991. The van der Waals surface area contributed by atoms with Crippen molar-refractivity contribution in [3.05, 3.63) is 24.3 Å². The maximum atomic E-state index is 11.2. The average molecular weight is 453 g/mol. The molecule has 0 aromatic rings. The zero-order valence-corrected chi connectivity index (χ0v) is 17.4. The van der Waals surface area contributed by atoms with E-state index in [1.807, 2.05) is 0 Å². The molecule has 0 aromatic carbocycles. The Morgan fingerprint density at radius 2 is 1.19 bits per heavy atom. The summed E-state index contributed by atoms with van der Waals surface area (Å²) >= 11 is 3.34. The van der Waals surface area contributed by atoms with E-state index >= 15 is 0 Å². The summed E-state index contributed by atoms with van der Waals surface area (Å²) in [5.41, 5.74) is 0.521. The van der Waals surface area contributed by atoms with Gasteiger partial charge in [-0.25, -0.2) is 9.59 Å². The van der Waals surface area contributed by atoms with E-state index < -0.39 is 24.1 Å². The van der Waals surface area contributed by atoms with Crippen molar-refractivity contribution < 1.29 is 38.7 Å². The van der Waals surface area contributed by atoms with Crippen LogP contribution in [0.4, 0.5) is 0 Å². The summed E-state index contributed by atoms with van der Waals surface area (Å²) in [7, 11) is 0. The molecule has 156 valence electrons. The molecule has 0 saturated carbocycles. The number of alkyl halides is 1. The van der Waals surface area contributed by atoms with Crippen LogP contribution in [-0.4, -0.2) is 79.3 Å². The van der Waals surface area contributed by atoms with Crippen molar-refractivity contribution >= 4 is 27.9 Å². The molecule has 9 heteroatoms. The minimum absolute atomic E-state index is 0.00640. The van der Waals surface area contributed by atoms with Crippen molar-refractivity contribution in [2.45, 2.75) is 26.1 Å². The predicted molar refractivity (Wildman–Crippen MR) is 102 cm³/mol. The molecule has 0 amide bonds. The van der Waals surface area contributed by atoms with Crippen LogP contribution in [0.1, 0.15) is 13.8 Å². The first-order valence-electron chi connectivity index (χ1n) is 8.40. The van der Waals surface area contributed by atoms with Crippen molar-refractivity contribution in [1.29, 1.82) is 0 Å². The molecule has 0 aliphatic heterocycles. The maximum Gasteiger partial charge on any atom is 0.333 e. The van der Waals surface area contributed by atoms with E-state index in [4.69, 9.17) is 18.9 Å². The molecule has 0 aromatic heterocycles. The van der Waals surface area contributed by atoms with Crippen molar-refractivity contribution in [3.63, 3.8) is 0 Å². The first-order chi connectivity index (χ1) is 12.7. The summed E-state index contributed by atoms with van der Waals surface area (Å²) in [4.78, 5) is 22.4. The molecule has 0 radical (unpaired) electrons. The minimum Gasteiger partial charge on any atom is -0.460 e. The van der Waals surface area contributed by atoms with Gasteiger partial charge in [0.05, 0.1) is 26.4 Å². The van der Waals surface area contributed by atoms with E-state index in [1.54, 1.807) is 0 Å². The summed E-state index contributed by atoms with van der Waals surface area (Å²) in [6.45, 7) is 10.2. The number of carbonyl (C=O) groups excluding carboxylic acids is 2. The number of ether oxygens (including phenoxy) is 4. The van der Waals surface area contributed by atoms with Crippen LogP contribution in [0.2, 0.25) is 0 Å². The van der Waals surface area contributed by atoms with Gasteiger partial charge in [0.1, 0.15) is 25.4 Å². The van der Waals surface area contributed by atoms with Crippen molar-refractivity contribution in [3.8, 4) is 0 Å². The standard InChI is InChI=1S/C18H29BrO8/c1-12(2)17(22)26-10-15(20)8-24-6-14(5-19)7-25-9-16(21)11-27-18(23)13(3)4/h14-16,20-21H,1,3,5-11H2,2,4H3. The largest absolute Gasteiger partial charge is 0.460 e. The first-order valence-corrected chi connectivity index (χ1v) is 9.52. The monoisotopic (exact) mass is 452 g/mol. The molecule has 2 N–H and O–H groups in total. The summed E-state index contributed by atoms with van der Waals surface area (Å²) in [5, 5.41) is 20.0. The van der Waals surface area contributed by atoms with E-state index in [-0.39, 0.29) is 43.5 Å². The van der Waals surface area contributed by atoms with Crippen molar-refractivity contribution in [1.82, 2.24) is 0 Å². The van der Waals surface area contributed by atoms with E-state index in [0.29, 0.717) is 18.5 Å². The molecule has 0 bridgehead atoms. The van der Waals surface area contributed by atoms with Crippen LogP contribution < -0.4 is 0 Å². The van der Waals surface area contributed by atoms with Crippen LogP contribution >= 0.6 is 15.9 Å². The van der Waals surface area contributed by atoms with Crippen molar-refractivity contribution in [2.75, 3.05) is 45.0 Å². The molecule has 2 atom stereocenters. The number of aliphatic hydroxyl groups excluding tert-OH is 2. The highest BCUT2D eigenvalue weighted by molar-refractivity contribution is 9.09. The Kier molecular flexibility index (Phi) is 14.1. The summed E-state index contributed by atoms with van der Waals surface area (Å²) in [5.74, 6) is -1.14. The molecule has 0 rings (SSSR count). The third-order valence-corrected chi connectivity index (χ3v) is 3.97. The molecule has 0 saturated heterocycles. The lowest BCUT2D eigenvalue weighted by Gasteiger charge is -2.18. The number of carbonyl (C=O) groups is 2. The third-order valence-electron chi connectivity index (χ3n) is 3.06. The van der Waals surface area contributed by atoms with Gasteiger partial charge in [0, 0.05) is 22.4 Å². The molecule has 0 aliphatic carbocycles. The van der Waals surface area contributed by atoms with Gasteiger partial charge < -0.3 is 29.2 Å². The van der Waals surface area contributed by atoms with E-state index in [0.717, 1.165) is 0 Å². The van der Waals surface area contributed by atoms with Gasteiger partial charge in [0.2, 0.25) is 0 Å². The summed E-state index contributed by atoms with van der Waals surface area (Å²) in [6, 6.07) is 0. The van der Waals surface area contributed by atoms with Gasteiger partial charge in [-0.2, -0.15) is 0 Å². The second-order valence-corrected chi connectivity index (χ2v) is 6.81. The molecule has 8 nitrogen and oxygen atoms in total. The van der Waals surface area contributed by atoms with Gasteiger partial charge >= 0.3 is 11.9 Å². The Hall–Kier alpha value is -1.26. The molecule has 27 heavy (non-hydrogen) atoms. The van der Waals surface area contributed by atoms with Crippen LogP contribution in [0, 0.1) is 5.92 Å². The van der Waals surface area contributed by atoms with Crippen LogP contribution in [0.5, 0.6) is 0 Å². The fourth-order valence-electron chi connectivity index (χ4n) is 1.57. The molecule has 0 spiro atoms. The number of halogens is 1. The van der Waals surface area contributed by atoms with Crippen molar-refractivity contribution in [2.24, 2.45) is 5.92 Å². The smallest absolute Gasteiger partial charge is 0.333 e. The van der Waals surface area contributed by atoms with Gasteiger partial charge in [0.25, 0.3) is 0 Å². The Balaban J connectivity index is 3.88. The highest BCUT2D eigenvalue weighted by Crippen LogP contribution is 2.05. The van der Waals surface area contributed by atoms with Crippen LogP contribution in [-0.2, 0) is 28.5 Å². The highest BCUT2D eigenvalue weighted by atomic mass is 79.9. The fourth-order valence-corrected chi connectivity index (χ4v) is 1.94. The number of esters is 2. The second-order valence-electron chi connectivity index (χ2n) is 6.16. The zero-order chi connectivity index (χ0) is 20.8. The normalized spacial score (nSPS) is 14.1. The lowest BCUT2D eigenvalue weighted by Crippen LogP contribution is -2.28. The van der Waals surface area contributed by atoms with E-state index in [2.05, 4.69) is 29.1 Å². The topological polar surface area (TPSA) is 112 Å². The van der Waals surface area contributed by atoms with Crippen LogP contribution in [0.15, 0.2) is 24.3 Å². The third kappa shape index (κ3) is 13.5. The van der Waals surface area contributed by atoms with Gasteiger partial charge in [-0.3, -0.25) is 0 Å². The fraction of sp³-hybridized carbons (Fsp3) is 0.667. The Bertz CT molecular complexity index is 452. The molecule has 2 unspecified atom stereocenters. The lowest BCUT2D eigenvalue weighted by atomic mass is 10.2. The van der Waals surface area contributed by atoms with Crippen LogP contribution in [0.25, 0.3) is 0 Å². The minimum atomic E-state index is -0.935. The second kappa shape index (κ2) is 14.8. The van der Waals surface area contributed by atoms with Crippen LogP contribution in [0.3, 0.4) is 0 Å². The first kappa shape index (κ1) is 25.7. The highest BCUT2D eigenvalue weighted by Gasteiger charge is 2.14. The number of hydrogen-bond donors (Lipinski definition) is 2. The Morgan fingerprint density at radius 3 is 1.48 bits per heavy atom. The summed E-state index contributed by atoms with van der Waals surface area (Å²) < 4.78 is 20.4. The van der Waals surface area contributed by atoms with Gasteiger partial charge in [0.15, 0.2) is 0 Å². The maximum absolute atomic E-state index is 11.2. The summed E-state index contributed by atoms with van der Waals surface area (Å²) in [6.07, 6.45) is -1.87. The number of aliphatic hydroxyl groups is 2. The molecular formula is C18H29BrO8. The quantitative estimate of drug-likeness (QED) is 0.215. The Labute approximate surface area is 168 Å². The molecule has 0 fully saturated rings. The lowest BCUT2D eigenvalue weighted by molar-refractivity contribution is -0.143. The van der Waals surface area contributed by atoms with E-state index in [1.165, 1.54) is 13.8 Å². The molecule has 0 heterocycles. The zero-order valence-electron chi connectivity index (χ0n) is 15.8. The number of rotatable bonds is 15. The van der Waals surface area contributed by atoms with Gasteiger partial charge in [-0.15, -0.1) is 0 Å². The molecule has 0 aliphatic rings. The average Bonchev–Trinajstić information content (AvgIpc) is 2.62. The van der Waals surface area contributed by atoms with Gasteiger partial charge in [-0.1, -0.05) is 29.1 Å². The number of hydrogen-bond acceptors (Lipinski definition) is 8. The van der Waals surface area contributed by atoms with E-state index in [9.17, 15) is 19.8 Å².